The number of aromatic nitrogens is 1. The third-order valence-electron chi connectivity index (χ3n) is 5.45. The van der Waals surface area contributed by atoms with Crippen LogP contribution in [0.3, 0.4) is 0 Å². The van der Waals surface area contributed by atoms with Crippen molar-refractivity contribution >= 4 is 16.8 Å². The van der Waals surface area contributed by atoms with Crippen molar-refractivity contribution in [3.8, 4) is 5.75 Å². The maximum Gasteiger partial charge on any atom is 0.219 e. The highest BCUT2D eigenvalue weighted by Gasteiger charge is 2.30. The zero-order valence-corrected chi connectivity index (χ0v) is 15.6. The number of hydrogen-bond donors (Lipinski definition) is 1. The molecule has 140 valence electrons. The maximum absolute atomic E-state index is 11.2. The van der Waals surface area contributed by atoms with E-state index in [1.54, 1.807) is 7.11 Å². The number of rotatable bonds is 7. The number of amides is 1. The van der Waals surface area contributed by atoms with Gasteiger partial charge in [0.2, 0.25) is 5.91 Å². The molecular weight excluding hydrogens is 338 g/mol. The van der Waals surface area contributed by atoms with Gasteiger partial charge in [-0.3, -0.25) is 9.69 Å². The lowest BCUT2D eigenvalue weighted by atomic mass is 9.94. The molecule has 5 nitrogen and oxygen atoms in total. The van der Waals surface area contributed by atoms with Crippen LogP contribution in [0.15, 0.2) is 54.7 Å². The zero-order valence-electron chi connectivity index (χ0n) is 15.6. The van der Waals surface area contributed by atoms with Crippen molar-refractivity contribution in [3.63, 3.8) is 0 Å². The summed E-state index contributed by atoms with van der Waals surface area (Å²) in [6.45, 7) is 2.60. The Hall–Kier alpha value is -2.79. The van der Waals surface area contributed by atoms with E-state index >= 15 is 0 Å². The monoisotopic (exact) mass is 363 g/mol. The molecule has 0 spiro atoms. The van der Waals surface area contributed by atoms with Gasteiger partial charge in [-0.25, -0.2) is 0 Å². The van der Waals surface area contributed by atoms with Gasteiger partial charge in [0.25, 0.3) is 0 Å². The first-order valence-electron chi connectivity index (χ1n) is 9.39. The molecule has 1 fully saturated rings. The van der Waals surface area contributed by atoms with Crippen LogP contribution in [0.1, 0.15) is 30.0 Å². The second kappa shape index (κ2) is 7.45. The molecule has 1 aromatic heterocycles. The van der Waals surface area contributed by atoms with Crippen molar-refractivity contribution in [1.82, 2.24) is 9.47 Å². The summed E-state index contributed by atoms with van der Waals surface area (Å²) >= 11 is 0. The summed E-state index contributed by atoms with van der Waals surface area (Å²) in [5, 5.41) is 1.25. The van der Waals surface area contributed by atoms with Crippen molar-refractivity contribution in [2.75, 3.05) is 13.7 Å². The van der Waals surface area contributed by atoms with Crippen molar-refractivity contribution in [1.29, 1.82) is 0 Å². The lowest BCUT2D eigenvalue weighted by Gasteiger charge is -2.41. The van der Waals surface area contributed by atoms with E-state index in [2.05, 4.69) is 52.1 Å². The molecule has 2 N–H and O–H groups in total. The standard InChI is InChI=1S/C22H25N3O2/c1-27-18-6-4-5-16(13-18)20-9-11-24(20)14-17-15-25(12-10-22(23)26)21-8-3-2-7-19(17)21/h2-8,13,15,20H,9-12,14H2,1H3,(H2,23,26). The normalized spacial score (nSPS) is 17.0. The van der Waals surface area contributed by atoms with Gasteiger partial charge >= 0.3 is 0 Å². The Morgan fingerprint density at radius 2 is 2.07 bits per heavy atom. The van der Waals surface area contributed by atoms with Gasteiger partial charge in [0.15, 0.2) is 0 Å². The smallest absolute Gasteiger partial charge is 0.219 e. The quantitative estimate of drug-likeness (QED) is 0.699. The minimum atomic E-state index is -0.268. The van der Waals surface area contributed by atoms with Crippen molar-refractivity contribution in [2.24, 2.45) is 5.73 Å². The van der Waals surface area contributed by atoms with Gasteiger partial charge in [-0.1, -0.05) is 30.3 Å². The van der Waals surface area contributed by atoms with Crippen molar-refractivity contribution < 1.29 is 9.53 Å². The van der Waals surface area contributed by atoms with Crippen LogP contribution in [0.2, 0.25) is 0 Å². The number of likely N-dealkylation sites (tertiary alicyclic amines) is 1. The molecule has 2 heterocycles. The minimum Gasteiger partial charge on any atom is -0.497 e. The Morgan fingerprint density at radius 3 is 2.81 bits per heavy atom. The van der Waals surface area contributed by atoms with Crippen LogP contribution in [0, 0.1) is 0 Å². The molecule has 1 atom stereocenters. The van der Waals surface area contributed by atoms with Crippen LogP contribution in [-0.4, -0.2) is 29.0 Å². The second-order valence-corrected chi connectivity index (χ2v) is 7.13. The van der Waals surface area contributed by atoms with E-state index < -0.39 is 0 Å². The van der Waals surface area contributed by atoms with Gasteiger partial charge in [-0.05, 0) is 35.7 Å². The van der Waals surface area contributed by atoms with E-state index in [-0.39, 0.29) is 5.91 Å². The van der Waals surface area contributed by atoms with Crippen LogP contribution >= 0.6 is 0 Å². The van der Waals surface area contributed by atoms with Gasteiger partial charge in [-0.15, -0.1) is 0 Å². The van der Waals surface area contributed by atoms with Crippen LogP contribution in [0.25, 0.3) is 10.9 Å². The van der Waals surface area contributed by atoms with E-state index in [4.69, 9.17) is 10.5 Å². The van der Waals surface area contributed by atoms with Gasteiger partial charge in [0.05, 0.1) is 7.11 Å². The molecule has 1 aliphatic rings. The number of benzene rings is 2. The summed E-state index contributed by atoms with van der Waals surface area (Å²) in [7, 11) is 1.71. The minimum absolute atomic E-state index is 0.268. The molecule has 4 rings (SSSR count). The second-order valence-electron chi connectivity index (χ2n) is 7.13. The van der Waals surface area contributed by atoms with E-state index in [0.717, 1.165) is 30.8 Å². The molecule has 1 saturated heterocycles. The van der Waals surface area contributed by atoms with Gasteiger partial charge in [0.1, 0.15) is 5.75 Å². The number of carbonyl (C=O) groups excluding carboxylic acids is 1. The first-order valence-corrected chi connectivity index (χ1v) is 9.39. The third kappa shape index (κ3) is 3.55. The van der Waals surface area contributed by atoms with Crippen molar-refractivity contribution in [3.05, 3.63) is 65.9 Å². The van der Waals surface area contributed by atoms with E-state index in [1.807, 2.05) is 12.1 Å². The molecule has 0 bridgehead atoms. The predicted octanol–water partition coefficient (Wildman–Crippen LogP) is 3.47. The highest BCUT2D eigenvalue weighted by atomic mass is 16.5. The van der Waals surface area contributed by atoms with Crippen LogP contribution in [-0.2, 0) is 17.9 Å². The fourth-order valence-corrected chi connectivity index (χ4v) is 3.94. The lowest BCUT2D eigenvalue weighted by molar-refractivity contribution is -0.118. The molecule has 1 amide bonds. The summed E-state index contributed by atoms with van der Waals surface area (Å²) < 4.78 is 7.52. The first-order chi connectivity index (χ1) is 13.2. The number of hydrogen-bond acceptors (Lipinski definition) is 3. The lowest BCUT2D eigenvalue weighted by Crippen LogP contribution is -2.40. The largest absolute Gasteiger partial charge is 0.497 e. The molecule has 0 aliphatic carbocycles. The van der Waals surface area contributed by atoms with Gasteiger partial charge in [-0.2, -0.15) is 0 Å². The van der Waals surface area contributed by atoms with Crippen LogP contribution in [0.4, 0.5) is 0 Å². The molecule has 27 heavy (non-hydrogen) atoms. The average Bonchev–Trinajstić information content (AvgIpc) is 3.01. The van der Waals surface area contributed by atoms with Crippen LogP contribution in [0.5, 0.6) is 5.75 Å². The molecule has 0 saturated carbocycles. The van der Waals surface area contributed by atoms with Crippen molar-refractivity contribution in [2.45, 2.75) is 32.0 Å². The molecule has 1 aliphatic heterocycles. The molecule has 0 radical (unpaired) electrons. The maximum atomic E-state index is 11.2. The topological polar surface area (TPSA) is 60.5 Å². The van der Waals surface area contributed by atoms with E-state index in [9.17, 15) is 4.79 Å². The number of aryl methyl sites for hydroxylation is 1. The Kier molecular flexibility index (Phi) is 4.86. The Labute approximate surface area is 159 Å². The number of fused-ring (bicyclic) bond motifs is 1. The summed E-state index contributed by atoms with van der Waals surface area (Å²) in [6.07, 6.45) is 3.69. The number of primary amides is 1. The highest BCUT2D eigenvalue weighted by Crippen LogP contribution is 2.37. The molecule has 3 aromatic rings. The summed E-state index contributed by atoms with van der Waals surface area (Å²) in [5.41, 5.74) is 9.10. The molecule has 1 unspecified atom stereocenters. The zero-order chi connectivity index (χ0) is 18.8. The molecule has 2 aromatic carbocycles. The fourth-order valence-electron chi connectivity index (χ4n) is 3.94. The Morgan fingerprint density at radius 1 is 1.22 bits per heavy atom. The number of ether oxygens (including phenoxy) is 1. The Balaban J connectivity index is 1.57. The first kappa shape index (κ1) is 17.6. The van der Waals surface area contributed by atoms with E-state index in [1.165, 1.54) is 16.5 Å². The summed E-state index contributed by atoms with van der Waals surface area (Å²) in [4.78, 5) is 13.7. The number of nitrogens with two attached hydrogens (primary N) is 1. The SMILES string of the molecule is COc1cccc(C2CCN2Cc2cn(CCC(N)=O)c3ccccc23)c1. The third-order valence-corrected chi connectivity index (χ3v) is 5.45. The number of carbonyl (C=O) groups is 1. The number of nitrogens with zero attached hydrogens (tertiary/aromatic N) is 2. The number of methoxy groups -OCH3 is 1. The highest BCUT2D eigenvalue weighted by molar-refractivity contribution is 5.84. The fraction of sp³-hybridized carbons (Fsp3) is 0.318. The Bertz CT molecular complexity index is 963. The number of para-hydroxylation sites is 1. The summed E-state index contributed by atoms with van der Waals surface area (Å²) in [5.74, 6) is 0.637. The average molecular weight is 363 g/mol. The molecular formula is C22H25N3O2. The van der Waals surface area contributed by atoms with Gasteiger partial charge < -0.3 is 15.0 Å². The van der Waals surface area contributed by atoms with E-state index in [0.29, 0.717) is 19.0 Å². The van der Waals surface area contributed by atoms with Gasteiger partial charge in [0, 0.05) is 49.2 Å². The predicted molar refractivity (Wildman–Crippen MR) is 107 cm³/mol. The molecule has 5 heteroatoms. The van der Waals surface area contributed by atoms with Crippen LogP contribution < -0.4 is 10.5 Å². The summed E-state index contributed by atoms with van der Waals surface area (Å²) in [6, 6.07) is 17.1.